The number of aliphatic hydroxyl groups is 1. The van der Waals surface area contributed by atoms with Gasteiger partial charge in [-0.15, -0.1) is 0 Å². The van der Waals surface area contributed by atoms with Crippen LogP contribution in [0.2, 0.25) is 0 Å². The Morgan fingerprint density at radius 1 is 1.18 bits per heavy atom. The molecule has 0 unspecified atom stereocenters. The van der Waals surface area contributed by atoms with Crippen LogP contribution in [0.4, 0.5) is 0 Å². The first-order valence-electron chi connectivity index (χ1n) is 6.56. The van der Waals surface area contributed by atoms with Gasteiger partial charge in [0.2, 0.25) is 0 Å². The fraction of sp³-hybridized carbons (Fsp3) is 0.600. The predicted octanol–water partition coefficient (Wildman–Crippen LogP) is 3.06. The number of benzene rings is 1. The van der Waals surface area contributed by atoms with E-state index in [0.717, 1.165) is 32.3 Å². The molecule has 0 heterocycles. The molecule has 0 aliphatic heterocycles. The van der Waals surface area contributed by atoms with Crippen molar-refractivity contribution in [1.29, 1.82) is 0 Å². The van der Waals surface area contributed by atoms with Crippen molar-refractivity contribution in [2.24, 2.45) is 5.92 Å². The molecule has 2 heteroatoms. The second-order valence-corrected chi connectivity index (χ2v) is 5.06. The maximum Gasteiger partial charge on any atom is 0.0723 e. The molecule has 1 saturated carbocycles. The number of ether oxygens (including phenoxy) is 1. The van der Waals surface area contributed by atoms with Crippen LogP contribution in [-0.2, 0) is 11.3 Å². The first-order valence-corrected chi connectivity index (χ1v) is 6.56. The van der Waals surface area contributed by atoms with Gasteiger partial charge in [-0.1, -0.05) is 24.3 Å². The van der Waals surface area contributed by atoms with Gasteiger partial charge < -0.3 is 9.84 Å². The Morgan fingerprint density at radius 3 is 2.53 bits per heavy atom. The average molecular weight is 234 g/mol. The van der Waals surface area contributed by atoms with E-state index in [1.54, 1.807) is 0 Å². The summed E-state index contributed by atoms with van der Waals surface area (Å²) in [5.74, 6) is 0.508. The fourth-order valence-electron chi connectivity index (χ4n) is 2.46. The Morgan fingerprint density at radius 2 is 1.88 bits per heavy atom. The molecule has 0 spiro atoms. The molecular weight excluding hydrogens is 212 g/mol. The van der Waals surface area contributed by atoms with Crippen LogP contribution in [0.15, 0.2) is 24.3 Å². The summed E-state index contributed by atoms with van der Waals surface area (Å²) < 4.78 is 5.96. The molecule has 0 aromatic heterocycles. The lowest BCUT2D eigenvalue weighted by Crippen LogP contribution is -2.23. The van der Waals surface area contributed by atoms with E-state index in [1.807, 2.05) is 0 Å². The third-order valence-electron chi connectivity index (χ3n) is 3.79. The highest BCUT2D eigenvalue weighted by molar-refractivity contribution is 5.24. The highest BCUT2D eigenvalue weighted by Crippen LogP contribution is 2.26. The lowest BCUT2D eigenvalue weighted by atomic mass is 9.88. The Labute approximate surface area is 104 Å². The summed E-state index contributed by atoms with van der Waals surface area (Å²) in [6, 6.07) is 8.38. The van der Waals surface area contributed by atoms with Crippen LogP contribution in [0, 0.1) is 12.8 Å². The Bertz CT molecular complexity index is 341. The van der Waals surface area contributed by atoms with Crippen molar-refractivity contribution < 1.29 is 9.84 Å². The van der Waals surface area contributed by atoms with E-state index < -0.39 is 0 Å². The van der Waals surface area contributed by atoms with Crippen molar-refractivity contribution in [2.75, 3.05) is 6.61 Å². The van der Waals surface area contributed by atoms with E-state index in [9.17, 15) is 0 Å². The van der Waals surface area contributed by atoms with E-state index in [4.69, 9.17) is 9.84 Å². The number of rotatable bonds is 4. The molecule has 0 saturated heterocycles. The number of hydrogen-bond acceptors (Lipinski definition) is 2. The molecule has 1 aromatic rings. The van der Waals surface area contributed by atoms with Crippen molar-refractivity contribution in [3.63, 3.8) is 0 Å². The van der Waals surface area contributed by atoms with Crippen LogP contribution in [0.1, 0.15) is 36.8 Å². The molecule has 0 atom stereocenters. The second-order valence-electron chi connectivity index (χ2n) is 5.06. The van der Waals surface area contributed by atoms with Crippen molar-refractivity contribution >= 4 is 0 Å². The lowest BCUT2D eigenvalue weighted by molar-refractivity contribution is 0.00102. The molecule has 1 aromatic carbocycles. The minimum Gasteiger partial charge on any atom is -0.396 e. The summed E-state index contributed by atoms with van der Waals surface area (Å²) in [5, 5.41) is 9.08. The largest absolute Gasteiger partial charge is 0.396 e. The van der Waals surface area contributed by atoms with Gasteiger partial charge in [-0.3, -0.25) is 0 Å². The van der Waals surface area contributed by atoms with Crippen LogP contribution in [0.25, 0.3) is 0 Å². The molecule has 0 radical (unpaired) electrons. The normalized spacial score (nSPS) is 24.8. The molecule has 0 bridgehead atoms. The van der Waals surface area contributed by atoms with Crippen LogP contribution in [0.5, 0.6) is 0 Å². The summed E-state index contributed by atoms with van der Waals surface area (Å²) in [6.45, 7) is 3.19. The smallest absolute Gasteiger partial charge is 0.0723 e. The van der Waals surface area contributed by atoms with Crippen LogP contribution in [-0.4, -0.2) is 17.8 Å². The zero-order chi connectivity index (χ0) is 12.1. The van der Waals surface area contributed by atoms with Crippen molar-refractivity contribution in [3.8, 4) is 0 Å². The maximum absolute atomic E-state index is 9.08. The summed E-state index contributed by atoms with van der Waals surface area (Å²) in [7, 11) is 0. The first kappa shape index (κ1) is 12.6. The van der Waals surface area contributed by atoms with Crippen LogP contribution in [0.3, 0.4) is 0 Å². The molecule has 0 amide bonds. The van der Waals surface area contributed by atoms with Gasteiger partial charge in [0.1, 0.15) is 0 Å². The van der Waals surface area contributed by atoms with Gasteiger partial charge in [0.05, 0.1) is 12.7 Å². The van der Waals surface area contributed by atoms with Gasteiger partial charge in [0.25, 0.3) is 0 Å². The van der Waals surface area contributed by atoms with E-state index in [1.165, 1.54) is 11.1 Å². The summed E-state index contributed by atoms with van der Waals surface area (Å²) in [5.41, 5.74) is 2.59. The quantitative estimate of drug-likeness (QED) is 0.867. The van der Waals surface area contributed by atoms with E-state index in [0.29, 0.717) is 18.6 Å². The minimum atomic E-state index is 0.338. The standard InChI is InChI=1S/C15H22O2/c1-12-4-2-3-5-14(12)11-17-15-8-6-13(10-16)7-9-15/h2-5,13,15-16H,6-11H2,1H3. The molecule has 94 valence electrons. The van der Waals surface area contributed by atoms with E-state index in [2.05, 4.69) is 31.2 Å². The molecule has 1 aliphatic rings. The van der Waals surface area contributed by atoms with Gasteiger partial charge in [-0.2, -0.15) is 0 Å². The van der Waals surface area contributed by atoms with Crippen LogP contribution >= 0.6 is 0 Å². The molecule has 2 nitrogen and oxygen atoms in total. The first-order chi connectivity index (χ1) is 8.29. The number of aryl methyl sites for hydroxylation is 1. The Kier molecular flexibility index (Phi) is 4.57. The highest BCUT2D eigenvalue weighted by Gasteiger charge is 2.20. The Hall–Kier alpha value is -0.860. The van der Waals surface area contributed by atoms with Gasteiger partial charge in [0, 0.05) is 6.61 Å². The molecule has 1 N–H and O–H groups in total. The second kappa shape index (κ2) is 6.18. The molecule has 1 aliphatic carbocycles. The monoisotopic (exact) mass is 234 g/mol. The van der Waals surface area contributed by atoms with Crippen molar-refractivity contribution in [3.05, 3.63) is 35.4 Å². The fourth-order valence-corrected chi connectivity index (χ4v) is 2.46. The van der Waals surface area contributed by atoms with Crippen molar-refractivity contribution in [2.45, 2.75) is 45.3 Å². The van der Waals surface area contributed by atoms with Gasteiger partial charge in [0.15, 0.2) is 0 Å². The Balaban J connectivity index is 1.78. The van der Waals surface area contributed by atoms with Crippen LogP contribution < -0.4 is 0 Å². The third-order valence-corrected chi connectivity index (χ3v) is 3.79. The highest BCUT2D eigenvalue weighted by atomic mass is 16.5. The van der Waals surface area contributed by atoms with E-state index in [-0.39, 0.29) is 0 Å². The average Bonchev–Trinajstić information content (AvgIpc) is 2.38. The third kappa shape index (κ3) is 3.55. The molecular formula is C15H22O2. The van der Waals surface area contributed by atoms with Gasteiger partial charge >= 0.3 is 0 Å². The number of hydrogen-bond donors (Lipinski definition) is 1. The SMILES string of the molecule is Cc1ccccc1COC1CCC(CO)CC1. The minimum absolute atomic E-state index is 0.338. The molecule has 17 heavy (non-hydrogen) atoms. The van der Waals surface area contributed by atoms with E-state index >= 15 is 0 Å². The summed E-state index contributed by atoms with van der Waals surface area (Å²) in [6.07, 6.45) is 4.79. The lowest BCUT2D eigenvalue weighted by Gasteiger charge is -2.27. The number of aliphatic hydroxyl groups excluding tert-OH is 1. The van der Waals surface area contributed by atoms with Gasteiger partial charge in [-0.25, -0.2) is 0 Å². The molecule has 2 rings (SSSR count). The van der Waals surface area contributed by atoms with Gasteiger partial charge in [-0.05, 0) is 49.7 Å². The maximum atomic E-state index is 9.08. The molecule has 1 fully saturated rings. The topological polar surface area (TPSA) is 29.5 Å². The zero-order valence-corrected chi connectivity index (χ0v) is 10.6. The summed E-state index contributed by atoms with van der Waals surface area (Å²) in [4.78, 5) is 0. The summed E-state index contributed by atoms with van der Waals surface area (Å²) >= 11 is 0. The zero-order valence-electron chi connectivity index (χ0n) is 10.6. The van der Waals surface area contributed by atoms with Crippen molar-refractivity contribution in [1.82, 2.24) is 0 Å². The predicted molar refractivity (Wildman–Crippen MR) is 68.8 cm³/mol.